The van der Waals surface area contributed by atoms with Gasteiger partial charge in [0.1, 0.15) is 28.7 Å². The highest BCUT2D eigenvalue weighted by Crippen LogP contribution is 2.49. The van der Waals surface area contributed by atoms with Gasteiger partial charge in [0.2, 0.25) is 0 Å². The first-order valence-electron chi connectivity index (χ1n) is 14.4. The summed E-state index contributed by atoms with van der Waals surface area (Å²) in [7, 11) is 1.65. The molecule has 0 radical (unpaired) electrons. The van der Waals surface area contributed by atoms with E-state index in [0.29, 0.717) is 35.1 Å². The fourth-order valence-electron chi connectivity index (χ4n) is 4.91. The van der Waals surface area contributed by atoms with E-state index in [1.165, 1.54) is 22.3 Å². The van der Waals surface area contributed by atoms with Crippen LogP contribution in [0.1, 0.15) is 74.1 Å². The molecule has 1 aliphatic rings. The maximum absolute atomic E-state index is 13.7. The number of amides is 2. The molecule has 2 aromatic carbocycles. The van der Waals surface area contributed by atoms with Gasteiger partial charge in [0, 0.05) is 35.1 Å². The molecule has 4 aromatic rings. The summed E-state index contributed by atoms with van der Waals surface area (Å²) in [4.78, 5) is 36.3. The van der Waals surface area contributed by atoms with Gasteiger partial charge in [-0.15, -0.1) is 11.3 Å². The summed E-state index contributed by atoms with van der Waals surface area (Å²) in [5, 5.41) is 6.54. The standard InChI is InChI=1S/C33H36F2N4O4S/c1-19-7-8-22(42-18-20(2)39(6)31(41)43-32(3,4)5)17-24(19)29(40)38-33(11-12-33)25-15-21(30-36-13-14-44-30)16-27-23(25)9-10-26(37-27)28(34)35/h7-10,13-17,20,28H,11-12,18H2,1-6H3,(H,38,40)/t20-/m0/s1. The van der Waals surface area contributed by atoms with Gasteiger partial charge in [0.25, 0.3) is 12.3 Å². The van der Waals surface area contributed by atoms with Crippen molar-refractivity contribution in [2.24, 2.45) is 0 Å². The fourth-order valence-corrected chi connectivity index (χ4v) is 5.53. The number of alkyl halides is 2. The Morgan fingerprint density at radius 2 is 1.89 bits per heavy atom. The molecule has 0 saturated heterocycles. The molecule has 1 aliphatic carbocycles. The summed E-state index contributed by atoms with van der Waals surface area (Å²) < 4.78 is 38.5. The monoisotopic (exact) mass is 622 g/mol. The van der Waals surface area contributed by atoms with Crippen molar-refractivity contribution >= 4 is 34.2 Å². The minimum absolute atomic E-state index is 0.201. The predicted molar refractivity (Wildman–Crippen MR) is 166 cm³/mol. The lowest BCUT2D eigenvalue weighted by atomic mass is 9.95. The number of hydrogen-bond acceptors (Lipinski definition) is 7. The van der Waals surface area contributed by atoms with Crippen LogP contribution in [0, 0.1) is 6.92 Å². The number of carbonyl (C=O) groups excluding carboxylic acids is 2. The Balaban J connectivity index is 1.37. The second-order valence-electron chi connectivity index (χ2n) is 12.2. The van der Waals surface area contributed by atoms with Gasteiger partial charge >= 0.3 is 6.09 Å². The highest BCUT2D eigenvalue weighted by Gasteiger charge is 2.47. The number of halogens is 2. The summed E-state index contributed by atoms with van der Waals surface area (Å²) in [6.45, 7) is 9.34. The topological polar surface area (TPSA) is 93.6 Å². The summed E-state index contributed by atoms with van der Waals surface area (Å²) in [5.41, 5.74) is 1.67. The minimum Gasteiger partial charge on any atom is -0.491 e. The van der Waals surface area contributed by atoms with Crippen LogP contribution in [0.5, 0.6) is 5.75 Å². The first kappa shape index (κ1) is 31.3. The first-order valence-corrected chi connectivity index (χ1v) is 15.3. The molecule has 0 bridgehead atoms. The smallest absolute Gasteiger partial charge is 0.410 e. The van der Waals surface area contributed by atoms with Crippen LogP contribution in [-0.2, 0) is 10.3 Å². The Labute approximate surface area is 259 Å². The van der Waals surface area contributed by atoms with Crippen LogP contribution in [0.15, 0.2) is 54.0 Å². The van der Waals surface area contributed by atoms with Gasteiger partial charge in [0.15, 0.2) is 0 Å². The Bertz CT molecular complexity index is 1680. The molecule has 1 fully saturated rings. The van der Waals surface area contributed by atoms with Gasteiger partial charge in [-0.05, 0) is 88.9 Å². The number of ether oxygens (including phenoxy) is 2. The molecule has 2 heterocycles. The average Bonchev–Trinajstić information content (AvgIpc) is 3.53. The molecule has 1 atom stereocenters. The highest BCUT2D eigenvalue weighted by atomic mass is 32.1. The quantitative estimate of drug-likeness (QED) is 0.206. The molecule has 0 unspecified atom stereocenters. The summed E-state index contributed by atoms with van der Waals surface area (Å²) in [6, 6.07) is 11.8. The number of rotatable bonds is 9. The van der Waals surface area contributed by atoms with Crippen LogP contribution in [0.25, 0.3) is 21.5 Å². The SMILES string of the molecule is Cc1ccc(OC[C@H](C)N(C)C(=O)OC(C)(C)C)cc1C(=O)NC1(c2cc(-c3nccs3)cc3nc(C(F)F)ccc23)CC1. The van der Waals surface area contributed by atoms with E-state index in [-0.39, 0.29) is 24.2 Å². The fraction of sp³-hybridized carbons (Fsp3) is 0.394. The number of thiazole rings is 1. The van der Waals surface area contributed by atoms with Crippen LogP contribution in [-0.4, -0.2) is 52.2 Å². The zero-order valence-corrected chi connectivity index (χ0v) is 26.4. The molecule has 44 heavy (non-hydrogen) atoms. The number of fused-ring (bicyclic) bond motifs is 1. The number of hydrogen-bond donors (Lipinski definition) is 1. The van der Waals surface area contributed by atoms with Crippen molar-refractivity contribution < 1.29 is 27.8 Å². The number of aromatic nitrogens is 2. The number of aryl methyl sites for hydroxylation is 1. The Morgan fingerprint density at radius 3 is 2.52 bits per heavy atom. The second-order valence-corrected chi connectivity index (χ2v) is 13.1. The van der Waals surface area contributed by atoms with Gasteiger partial charge < -0.3 is 19.7 Å². The molecule has 2 amide bonds. The number of nitrogens with one attached hydrogen (secondary N) is 1. The van der Waals surface area contributed by atoms with E-state index in [1.54, 1.807) is 37.5 Å². The van der Waals surface area contributed by atoms with Crippen LogP contribution in [0.2, 0.25) is 0 Å². The largest absolute Gasteiger partial charge is 0.491 e. The number of pyridine rings is 1. The van der Waals surface area contributed by atoms with Gasteiger partial charge in [0.05, 0.1) is 17.1 Å². The third-order valence-electron chi connectivity index (χ3n) is 7.64. The lowest BCUT2D eigenvalue weighted by Crippen LogP contribution is -2.42. The van der Waals surface area contributed by atoms with Crippen LogP contribution in [0.3, 0.4) is 0 Å². The van der Waals surface area contributed by atoms with Crippen molar-refractivity contribution in [1.29, 1.82) is 0 Å². The van der Waals surface area contributed by atoms with Crippen LogP contribution < -0.4 is 10.1 Å². The number of likely N-dealkylation sites (N-methyl/N-ethyl adjacent to an activating group) is 1. The molecule has 232 valence electrons. The average molecular weight is 623 g/mol. The van der Waals surface area contributed by atoms with Crippen molar-refractivity contribution in [2.45, 2.75) is 71.1 Å². The van der Waals surface area contributed by atoms with E-state index >= 15 is 0 Å². The van der Waals surface area contributed by atoms with Gasteiger partial charge in [-0.1, -0.05) is 12.1 Å². The van der Waals surface area contributed by atoms with E-state index in [9.17, 15) is 18.4 Å². The van der Waals surface area contributed by atoms with Gasteiger partial charge in [-0.25, -0.2) is 23.5 Å². The number of benzene rings is 2. The van der Waals surface area contributed by atoms with Crippen molar-refractivity contribution in [3.05, 3.63) is 76.4 Å². The highest BCUT2D eigenvalue weighted by molar-refractivity contribution is 7.13. The van der Waals surface area contributed by atoms with Crippen molar-refractivity contribution in [3.63, 3.8) is 0 Å². The van der Waals surface area contributed by atoms with E-state index in [1.807, 2.05) is 52.1 Å². The lowest BCUT2D eigenvalue weighted by Gasteiger charge is -2.28. The third-order valence-corrected chi connectivity index (χ3v) is 8.46. The van der Waals surface area contributed by atoms with Crippen molar-refractivity contribution in [2.75, 3.05) is 13.7 Å². The normalized spacial score (nSPS) is 14.8. The number of nitrogens with zero attached hydrogens (tertiary/aromatic N) is 3. The molecule has 11 heteroatoms. The molecule has 8 nitrogen and oxygen atoms in total. The van der Waals surface area contributed by atoms with Crippen LogP contribution in [0.4, 0.5) is 13.6 Å². The maximum atomic E-state index is 13.7. The molecule has 1 N–H and O–H groups in total. The van der Waals surface area contributed by atoms with Crippen LogP contribution >= 0.6 is 11.3 Å². The number of carbonyl (C=O) groups is 2. The molecule has 0 aliphatic heterocycles. The molecule has 1 saturated carbocycles. The second kappa shape index (κ2) is 12.1. The summed E-state index contributed by atoms with van der Waals surface area (Å²) in [5.74, 6) is 0.226. The van der Waals surface area contributed by atoms with E-state index in [4.69, 9.17) is 9.47 Å². The van der Waals surface area contributed by atoms with Crippen molar-refractivity contribution in [3.8, 4) is 16.3 Å². The molecule has 2 aromatic heterocycles. The third kappa shape index (κ3) is 6.83. The lowest BCUT2D eigenvalue weighted by molar-refractivity contribution is 0.0195. The van der Waals surface area contributed by atoms with Crippen molar-refractivity contribution in [1.82, 2.24) is 20.2 Å². The maximum Gasteiger partial charge on any atom is 0.410 e. The zero-order valence-electron chi connectivity index (χ0n) is 25.6. The summed E-state index contributed by atoms with van der Waals surface area (Å²) in [6.07, 6.45) is -0.0701. The molecule has 0 spiro atoms. The van der Waals surface area contributed by atoms with Gasteiger partial charge in [-0.3, -0.25) is 4.79 Å². The van der Waals surface area contributed by atoms with E-state index in [0.717, 1.165) is 21.7 Å². The predicted octanol–water partition coefficient (Wildman–Crippen LogP) is 7.66. The minimum atomic E-state index is -2.70. The molecular weight excluding hydrogens is 586 g/mol. The van der Waals surface area contributed by atoms with E-state index < -0.39 is 23.7 Å². The Kier molecular flexibility index (Phi) is 8.62. The Morgan fingerprint density at radius 1 is 1.14 bits per heavy atom. The van der Waals surface area contributed by atoms with E-state index in [2.05, 4.69) is 15.3 Å². The Hall–Kier alpha value is -4.12. The molecular formula is C33H36F2N4O4S. The van der Waals surface area contributed by atoms with Gasteiger partial charge in [-0.2, -0.15) is 0 Å². The zero-order chi connectivity index (χ0) is 31.8. The molecule has 5 rings (SSSR count). The summed E-state index contributed by atoms with van der Waals surface area (Å²) >= 11 is 1.44. The first-order chi connectivity index (χ1) is 20.8.